The summed E-state index contributed by atoms with van der Waals surface area (Å²) in [4.78, 5) is 24.9. The molecule has 2 N–H and O–H groups in total. The largest absolute Gasteiger partial charge is 0.324 e. The predicted octanol–water partition coefficient (Wildman–Crippen LogP) is 5.86. The first-order valence-corrected chi connectivity index (χ1v) is 11.5. The minimum Gasteiger partial charge on any atom is -0.324 e. The van der Waals surface area contributed by atoms with Crippen molar-refractivity contribution in [1.82, 2.24) is 5.32 Å². The van der Waals surface area contributed by atoms with Crippen molar-refractivity contribution in [1.29, 1.82) is 5.26 Å². The molecular formula is C24H17Cl2N3O2S. The molecule has 8 heteroatoms. The summed E-state index contributed by atoms with van der Waals surface area (Å²) in [6.45, 7) is 0. The summed E-state index contributed by atoms with van der Waals surface area (Å²) < 4.78 is 0. The molecular weight excluding hydrogens is 465 g/mol. The molecule has 0 saturated heterocycles. The molecule has 160 valence electrons. The van der Waals surface area contributed by atoms with Crippen LogP contribution in [0.4, 0.5) is 5.69 Å². The van der Waals surface area contributed by atoms with Gasteiger partial charge in [-0.15, -0.1) is 0 Å². The lowest BCUT2D eigenvalue weighted by Gasteiger charge is -2.26. The standard InChI is InChI=1S/C24H17Cl2N3O2S/c25-15-8-9-20(26)21(10-15)28-23(31)13-32-24-19(12-27)18(11-22(30)29-24)17-7-3-5-14-4-1-2-6-16(14)17/h1-10,18H,11,13H2,(H,28,31)(H,29,30)/t18-/m0/s1. The molecule has 3 aromatic rings. The smallest absolute Gasteiger partial charge is 0.234 e. The van der Waals surface area contributed by atoms with Crippen LogP contribution in [-0.2, 0) is 9.59 Å². The van der Waals surface area contributed by atoms with Crippen LogP contribution in [0.25, 0.3) is 10.8 Å². The molecule has 4 rings (SSSR count). The van der Waals surface area contributed by atoms with E-state index in [1.165, 1.54) is 0 Å². The third-order valence-corrected chi connectivity index (χ3v) is 6.69. The highest BCUT2D eigenvalue weighted by Gasteiger charge is 2.30. The van der Waals surface area contributed by atoms with E-state index in [1.807, 2.05) is 42.5 Å². The van der Waals surface area contributed by atoms with Crippen LogP contribution < -0.4 is 10.6 Å². The molecule has 0 spiro atoms. The number of anilines is 1. The highest BCUT2D eigenvalue weighted by atomic mass is 35.5. The number of nitrogens with one attached hydrogen (secondary N) is 2. The van der Waals surface area contributed by atoms with Crippen LogP contribution in [0.2, 0.25) is 10.0 Å². The second kappa shape index (κ2) is 9.66. The maximum atomic E-state index is 12.5. The fraction of sp³-hybridized carbons (Fsp3) is 0.125. The molecule has 5 nitrogen and oxygen atoms in total. The van der Waals surface area contributed by atoms with Gasteiger partial charge in [0.15, 0.2) is 0 Å². The maximum absolute atomic E-state index is 12.5. The van der Waals surface area contributed by atoms with Crippen molar-refractivity contribution in [2.75, 3.05) is 11.1 Å². The van der Waals surface area contributed by atoms with Crippen LogP contribution in [0.1, 0.15) is 17.9 Å². The van der Waals surface area contributed by atoms with Crippen LogP contribution in [0.3, 0.4) is 0 Å². The molecule has 0 aliphatic carbocycles. The molecule has 1 aliphatic heterocycles. The Labute approximate surface area is 199 Å². The van der Waals surface area contributed by atoms with Crippen LogP contribution in [0, 0.1) is 11.3 Å². The van der Waals surface area contributed by atoms with Crippen LogP contribution in [0.15, 0.2) is 71.3 Å². The van der Waals surface area contributed by atoms with Gasteiger partial charge in [-0.25, -0.2) is 0 Å². The number of nitriles is 1. The van der Waals surface area contributed by atoms with Gasteiger partial charge < -0.3 is 10.6 Å². The summed E-state index contributed by atoms with van der Waals surface area (Å²) in [5.74, 6) is -0.910. The minimum atomic E-state index is -0.382. The average molecular weight is 482 g/mol. The van der Waals surface area contributed by atoms with Crippen molar-refractivity contribution in [2.45, 2.75) is 12.3 Å². The van der Waals surface area contributed by atoms with Crippen molar-refractivity contribution >= 4 is 63.2 Å². The minimum absolute atomic E-state index is 0.00804. The van der Waals surface area contributed by atoms with Crippen molar-refractivity contribution in [3.8, 4) is 6.07 Å². The molecule has 2 amide bonds. The molecule has 3 aromatic carbocycles. The predicted molar refractivity (Wildman–Crippen MR) is 130 cm³/mol. The Morgan fingerprint density at radius 1 is 1.16 bits per heavy atom. The molecule has 0 unspecified atom stereocenters. The zero-order chi connectivity index (χ0) is 22.7. The number of halogens is 2. The van der Waals surface area contributed by atoms with Crippen LogP contribution in [-0.4, -0.2) is 17.6 Å². The van der Waals surface area contributed by atoms with E-state index < -0.39 is 0 Å². The summed E-state index contributed by atoms with van der Waals surface area (Å²) in [5.41, 5.74) is 1.77. The van der Waals surface area contributed by atoms with Crippen LogP contribution >= 0.6 is 35.0 Å². The topological polar surface area (TPSA) is 82.0 Å². The Hall–Kier alpha value is -2.98. The fourth-order valence-electron chi connectivity index (χ4n) is 3.67. The number of allylic oxidation sites excluding steroid dienone is 1. The first kappa shape index (κ1) is 22.2. The van der Waals surface area contributed by atoms with E-state index in [0.29, 0.717) is 26.3 Å². The second-order valence-electron chi connectivity index (χ2n) is 7.19. The molecule has 1 heterocycles. The Kier molecular flexibility index (Phi) is 6.71. The number of hydrogen-bond donors (Lipinski definition) is 2. The molecule has 0 aromatic heterocycles. The van der Waals surface area contributed by atoms with Gasteiger partial charge >= 0.3 is 0 Å². The number of nitrogens with zero attached hydrogens (tertiary/aromatic N) is 1. The zero-order valence-corrected chi connectivity index (χ0v) is 19.0. The maximum Gasteiger partial charge on any atom is 0.234 e. The fourth-order valence-corrected chi connectivity index (χ4v) is 4.88. The van der Waals surface area contributed by atoms with Gasteiger partial charge in [-0.3, -0.25) is 9.59 Å². The van der Waals surface area contributed by atoms with Crippen molar-refractivity contribution < 1.29 is 9.59 Å². The molecule has 0 fully saturated rings. The Morgan fingerprint density at radius 3 is 2.75 bits per heavy atom. The van der Waals surface area contributed by atoms with E-state index in [1.54, 1.807) is 18.2 Å². The third kappa shape index (κ3) is 4.76. The van der Waals surface area contributed by atoms with Crippen molar-refractivity contribution in [3.63, 3.8) is 0 Å². The zero-order valence-electron chi connectivity index (χ0n) is 16.7. The van der Waals surface area contributed by atoms with Gasteiger partial charge in [0, 0.05) is 17.4 Å². The van der Waals surface area contributed by atoms with Crippen molar-refractivity contribution in [3.05, 3.63) is 86.9 Å². The van der Waals surface area contributed by atoms with E-state index in [9.17, 15) is 14.9 Å². The van der Waals surface area contributed by atoms with Crippen molar-refractivity contribution in [2.24, 2.45) is 0 Å². The lowest BCUT2D eigenvalue weighted by atomic mass is 9.84. The van der Waals surface area contributed by atoms with Gasteiger partial charge in [0.25, 0.3) is 0 Å². The van der Waals surface area contributed by atoms with E-state index in [0.717, 1.165) is 28.1 Å². The number of fused-ring (bicyclic) bond motifs is 1. The molecule has 1 aliphatic rings. The number of hydrogen-bond acceptors (Lipinski definition) is 4. The molecule has 0 bridgehead atoms. The van der Waals surface area contributed by atoms with Gasteiger partial charge in [-0.1, -0.05) is 77.4 Å². The number of thioether (sulfide) groups is 1. The summed E-state index contributed by atoms with van der Waals surface area (Å²) in [5, 5.41) is 18.6. The number of amides is 2. The Bertz CT molecular complexity index is 1290. The van der Waals surface area contributed by atoms with Gasteiger partial charge in [-0.2, -0.15) is 5.26 Å². The highest BCUT2D eigenvalue weighted by molar-refractivity contribution is 8.03. The normalized spacial score (nSPS) is 15.9. The van der Waals surface area contributed by atoms with Gasteiger partial charge in [-0.05, 0) is 34.5 Å². The number of carbonyl (C=O) groups is 2. The third-order valence-electron chi connectivity index (χ3n) is 5.10. The number of rotatable bonds is 5. The molecule has 32 heavy (non-hydrogen) atoms. The van der Waals surface area contributed by atoms with E-state index in [-0.39, 0.29) is 29.9 Å². The first-order valence-electron chi connectivity index (χ1n) is 9.75. The summed E-state index contributed by atoms with van der Waals surface area (Å²) in [6.07, 6.45) is 0.172. The quantitative estimate of drug-likeness (QED) is 0.478. The average Bonchev–Trinajstić information content (AvgIpc) is 2.79. The highest BCUT2D eigenvalue weighted by Crippen LogP contribution is 2.38. The lowest BCUT2D eigenvalue weighted by Crippen LogP contribution is -2.31. The SMILES string of the molecule is N#CC1=C(SCC(=O)Nc2cc(Cl)ccc2Cl)NC(=O)C[C@H]1c1cccc2ccccc12. The second-order valence-corrected chi connectivity index (χ2v) is 9.02. The summed E-state index contributed by atoms with van der Waals surface area (Å²) in [6, 6.07) is 20.8. The van der Waals surface area contributed by atoms with Gasteiger partial charge in [0.2, 0.25) is 11.8 Å². The van der Waals surface area contributed by atoms with E-state index in [2.05, 4.69) is 16.7 Å². The Morgan fingerprint density at radius 2 is 1.94 bits per heavy atom. The number of benzene rings is 3. The molecule has 0 saturated carbocycles. The lowest BCUT2D eigenvalue weighted by molar-refractivity contribution is -0.121. The van der Waals surface area contributed by atoms with Gasteiger partial charge in [0.05, 0.1) is 33.1 Å². The molecule has 1 atom stereocenters. The molecule has 0 radical (unpaired) electrons. The van der Waals surface area contributed by atoms with E-state index in [4.69, 9.17) is 23.2 Å². The Balaban J connectivity index is 1.59. The summed E-state index contributed by atoms with van der Waals surface area (Å²) in [7, 11) is 0. The van der Waals surface area contributed by atoms with Crippen LogP contribution in [0.5, 0.6) is 0 Å². The number of carbonyl (C=O) groups excluding carboxylic acids is 2. The monoisotopic (exact) mass is 481 g/mol. The summed E-state index contributed by atoms with van der Waals surface area (Å²) >= 11 is 13.2. The van der Waals surface area contributed by atoms with Gasteiger partial charge in [0.1, 0.15) is 0 Å². The first-order chi connectivity index (χ1) is 15.5. The van der Waals surface area contributed by atoms with E-state index >= 15 is 0 Å².